The number of amides is 1. The fourth-order valence-electron chi connectivity index (χ4n) is 3.01. The molecule has 1 atom stereocenters. The second-order valence-corrected chi connectivity index (χ2v) is 6.17. The number of para-hydroxylation sites is 1. The molecule has 0 spiro atoms. The van der Waals surface area contributed by atoms with Crippen molar-refractivity contribution < 1.29 is 13.9 Å². The van der Waals surface area contributed by atoms with Gasteiger partial charge in [0.1, 0.15) is 5.82 Å². The predicted molar refractivity (Wildman–Crippen MR) is 92.4 cm³/mol. The molecule has 5 heteroatoms. The number of nitrogens with zero attached hydrogens (tertiary/aromatic N) is 1. The molecule has 0 unspecified atom stereocenters. The van der Waals surface area contributed by atoms with Gasteiger partial charge in [-0.3, -0.25) is 5.32 Å². The predicted octanol–water partition coefficient (Wildman–Crippen LogP) is 3.99. The van der Waals surface area contributed by atoms with E-state index in [0.717, 1.165) is 19.5 Å². The lowest BCUT2D eigenvalue weighted by Gasteiger charge is -2.14. The molecule has 1 aliphatic heterocycles. The summed E-state index contributed by atoms with van der Waals surface area (Å²) in [6, 6.07) is 13.6. The molecule has 2 aromatic carbocycles. The van der Waals surface area contributed by atoms with Crippen molar-refractivity contribution in [3.63, 3.8) is 0 Å². The summed E-state index contributed by atoms with van der Waals surface area (Å²) in [4.78, 5) is 14.3. The Labute approximate surface area is 141 Å². The number of carbonyl (C=O) groups excluding carboxylic acids is 1. The maximum absolute atomic E-state index is 14.0. The van der Waals surface area contributed by atoms with Crippen molar-refractivity contribution >= 4 is 11.8 Å². The summed E-state index contributed by atoms with van der Waals surface area (Å²) in [6.07, 6.45) is 0.531. The van der Waals surface area contributed by atoms with E-state index in [2.05, 4.69) is 17.3 Å². The van der Waals surface area contributed by atoms with Gasteiger partial charge in [-0.25, -0.2) is 9.18 Å². The van der Waals surface area contributed by atoms with E-state index in [0.29, 0.717) is 29.3 Å². The summed E-state index contributed by atoms with van der Waals surface area (Å²) < 4.78 is 19.4. The number of hydrogen-bond donors (Lipinski definition) is 1. The van der Waals surface area contributed by atoms with Crippen LogP contribution < -0.4 is 5.32 Å². The molecule has 24 heavy (non-hydrogen) atoms. The fraction of sp³-hybridized carbons (Fsp3) is 0.316. The Bertz CT molecular complexity index is 720. The van der Waals surface area contributed by atoms with Crippen LogP contribution in [0.1, 0.15) is 6.42 Å². The van der Waals surface area contributed by atoms with Crippen LogP contribution in [-0.2, 0) is 4.74 Å². The Morgan fingerprint density at radius 2 is 1.92 bits per heavy atom. The van der Waals surface area contributed by atoms with Gasteiger partial charge in [-0.05, 0) is 32.1 Å². The molecule has 1 fully saturated rings. The molecule has 4 nitrogen and oxygen atoms in total. The Hall–Kier alpha value is -2.40. The SMILES string of the molecule is CN1CC[C@@H](COC(=O)Nc2ccccc2-c2ccccc2F)C1. The maximum Gasteiger partial charge on any atom is 0.411 e. The van der Waals surface area contributed by atoms with Crippen molar-refractivity contribution in [1.29, 1.82) is 0 Å². The number of nitrogens with one attached hydrogen (secondary N) is 1. The molecule has 0 bridgehead atoms. The first-order chi connectivity index (χ1) is 11.6. The van der Waals surface area contributed by atoms with Crippen molar-refractivity contribution in [2.45, 2.75) is 6.42 Å². The quantitative estimate of drug-likeness (QED) is 0.922. The highest BCUT2D eigenvalue weighted by Crippen LogP contribution is 2.29. The Balaban J connectivity index is 1.67. The van der Waals surface area contributed by atoms with Crippen LogP contribution in [0.15, 0.2) is 48.5 Å². The molecule has 1 aliphatic rings. The summed E-state index contributed by atoms with van der Waals surface area (Å²) in [5, 5.41) is 2.73. The average molecular weight is 328 g/mol. The van der Waals surface area contributed by atoms with E-state index in [4.69, 9.17) is 4.74 Å². The van der Waals surface area contributed by atoms with Crippen LogP contribution in [0.2, 0.25) is 0 Å². The van der Waals surface area contributed by atoms with E-state index in [1.54, 1.807) is 36.4 Å². The standard InChI is InChI=1S/C19H21FN2O2/c1-22-11-10-14(12-22)13-24-19(23)21-18-9-5-3-7-16(18)15-6-2-4-8-17(15)20/h2-9,14H,10-13H2,1H3,(H,21,23)/t14-/m1/s1. The van der Waals surface area contributed by atoms with E-state index < -0.39 is 6.09 Å². The highest BCUT2D eigenvalue weighted by Gasteiger charge is 2.21. The third kappa shape index (κ3) is 3.92. The minimum absolute atomic E-state index is 0.325. The molecule has 3 rings (SSSR count). The highest BCUT2D eigenvalue weighted by molar-refractivity contribution is 5.91. The molecule has 0 aromatic heterocycles. The average Bonchev–Trinajstić information content (AvgIpc) is 3.00. The molecule has 2 aromatic rings. The van der Waals surface area contributed by atoms with Gasteiger partial charge in [0.2, 0.25) is 0 Å². The first kappa shape index (κ1) is 16.5. The van der Waals surface area contributed by atoms with Crippen molar-refractivity contribution in [2.24, 2.45) is 5.92 Å². The summed E-state index contributed by atoms with van der Waals surface area (Å²) in [5.41, 5.74) is 1.62. The van der Waals surface area contributed by atoms with Crippen LogP contribution in [0.4, 0.5) is 14.9 Å². The van der Waals surface area contributed by atoms with Crippen molar-refractivity contribution in [3.05, 3.63) is 54.3 Å². The van der Waals surface area contributed by atoms with Crippen LogP contribution in [0.25, 0.3) is 11.1 Å². The molecule has 1 saturated heterocycles. The van der Waals surface area contributed by atoms with Crippen molar-refractivity contribution in [1.82, 2.24) is 4.90 Å². The molecule has 0 saturated carbocycles. The molecular weight excluding hydrogens is 307 g/mol. The highest BCUT2D eigenvalue weighted by atomic mass is 19.1. The molecule has 126 valence electrons. The molecule has 1 heterocycles. The number of likely N-dealkylation sites (tertiary alicyclic amines) is 1. The minimum Gasteiger partial charge on any atom is -0.449 e. The smallest absolute Gasteiger partial charge is 0.411 e. The fourth-order valence-corrected chi connectivity index (χ4v) is 3.01. The zero-order valence-electron chi connectivity index (χ0n) is 13.7. The number of benzene rings is 2. The van der Waals surface area contributed by atoms with Gasteiger partial charge in [0.25, 0.3) is 0 Å². The summed E-state index contributed by atoms with van der Waals surface area (Å²) >= 11 is 0. The number of hydrogen-bond acceptors (Lipinski definition) is 3. The normalized spacial score (nSPS) is 17.7. The Kier molecular flexibility index (Phi) is 5.11. The second kappa shape index (κ2) is 7.45. The first-order valence-corrected chi connectivity index (χ1v) is 8.10. The van der Waals surface area contributed by atoms with Gasteiger partial charge >= 0.3 is 6.09 Å². The van der Waals surface area contributed by atoms with Crippen LogP contribution in [0.5, 0.6) is 0 Å². The van der Waals surface area contributed by atoms with Crippen molar-refractivity contribution in [2.75, 3.05) is 32.1 Å². The topological polar surface area (TPSA) is 41.6 Å². The minimum atomic E-state index is -0.506. The van der Waals surface area contributed by atoms with Gasteiger partial charge in [-0.2, -0.15) is 0 Å². The lowest BCUT2D eigenvalue weighted by Crippen LogP contribution is -2.21. The van der Waals surface area contributed by atoms with Gasteiger partial charge in [0.05, 0.1) is 12.3 Å². The van der Waals surface area contributed by atoms with Crippen molar-refractivity contribution in [3.8, 4) is 11.1 Å². The van der Waals surface area contributed by atoms with E-state index in [1.165, 1.54) is 6.07 Å². The third-order valence-corrected chi connectivity index (χ3v) is 4.27. The van der Waals surface area contributed by atoms with Crippen LogP contribution in [-0.4, -0.2) is 37.7 Å². The lowest BCUT2D eigenvalue weighted by molar-refractivity contribution is 0.142. The van der Waals surface area contributed by atoms with Crippen LogP contribution >= 0.6 is 0 Å². The van der Waals surface area contributed by atoms with E-state index in [1.807, 2.05) is 6.07 Å². The van der Waals surface area contributed by atoms with Gasteiger partial charge in [0, 0.05) is 23.6 Å². The zero-order chi connectivity index (χ0) is 16.9. The molecule has 0 aliphatic carbocycles. The maximum atomic E-state index is 14.0. The van der Waals surface area contributed by atoms with E-state index in [-0.39, 0.29) is 5.82 Å². The largest absolute Gasteiger partial charge is 0.449 e. The van der Waals surface area contributed by atoms with Crippen LogP contribution in [0, 0.1) is 11.7 Å². The Morgan fingerprint density at radius 3 is 2.62 bits per heavy atom. The summed E-state index contributed by atoms with van der Waals surface area (Å²) in [5.74, 6) is 0.0525. The number of carbonyl (C=O) groups is 1. The van der Waals surface area contributed by atoms with Gasteiger partial charge in [-0.1, -0.05) is 36.4 Å². The van der Waals surface area contributed by atoms with Crippen LogP contribution in [0.3, 0.4) is 0 Å². The first-order valence-electron chi connectivity index (χ1n) is 8.10. The lowest BCUT2D eigenvalue weighted by atomic mass is 10.0. The summed E-state index contributed by atoms with van der Waals surface area (Å²) in [6.45, 7) is 2.38. The third-order valence-electron chi connectivity index (χ3n) is 4.27. The van der Waals surface area contributed by atoms with Gasteiger partial charge in [-0.15, -0.1) is 0 Å². The number of anilines is 1. The molecular formula is C19H21FN2O2. The van der Waals surface area contributed by atoms with E-state index >= 15 is 0 Å². The number of rotatable bonds is 4. The zero-order valence-corrected chi connectivity index (χ0v) is 13.7. The monoisotopic (exact) mass is 328 g/mol. The summed E-state index contributed by atoms with van der Waals surface area (Å²) in [7, 11) is 2.06. The molecule has 1 N–H and O–H groups in total. The Morgan fingerprint density at radius 1 is 1.21 bits per heavy atom. The van der Waals surface area contributed by atoms with Gasteiger partial charge in [0.15, 0.2) is 0 Å². The second-order valence-electron chi connectivity index (χ2n) is 6.17. The molecule has 1 amide bonds. The molecule has 0 radical (unpaired) electrons. The number of halogens is 1. The van der Waals surface area contributed by atoms with Gasteiger partial charge < -0.3 is 9.64 Å². The van der Waals surface area contributed by atoms with E-state index in [9.17, 15) is 9.18 Å². The number of ether oxygens (including phenoxy) is 1.